The Balaban J connectivity index is 5.02. The Kier molecular flexibility index (Phi) is 13.2. The minimum absolute atomic E-state index is 0.00336. The minimum atomic E-state index is -1.21. The van der Waals surface area contributed by atoms with E-state index in [1.54, 1.807) is 6.92 Å². The predicted molar refractivity (Wildman–Crippen MR) is 104 cm³/mol. The topological polar surface area (TPSA) is 176 Å². The quantitative estimate of drug-likeness (QED) is 0.204. The van der Waals surface area contributed by atoms with Gasteiger partial charge in [-0.2, -0.15) is 0 Å². The number of carboxylic acids is 4. The first kappa shape index (κ1) is 27.4. The maximum absolute atomic E-state index is 12.1. The van der Waals surface area contributed by atoms with Crippen molar-refractivity contribution >= 4 is 29.7 Å². The number of carboxylic acid groups (broad SMARTS) is 4. The van der Waals surface area contributed by atoms with Crippen LogP contribution >= 0.6 is 0 Å². The van der Waals surface area contributed by atoms with Crippen molar-refractivity contribution in [3.8, 4) is 0 Å². The molecule has 0 aliphatic heterocycles. The van der Waals surface area contributed by atoms with Gasteiger partial charge in [0.05, 0.1) is 32.7 Å². The maximum Gasteiger partial charge on any atom is 0.317 e. The summed E-state index contributed by atoms with van der Waals surface area (Å²) in [5, 5.41) is 35.9. The van der Waals surface area contributed by atoms with Gasteiger partial charge >= 0.3 is 23.9 Å². The molecule has 0 radical (unpaired) electrons. The summed E-state index contributed by atoms with van der Waals surface area (Å²) in [7, 11) is 0. The third-order valence-electron chi connectivity index (χ3n) is 4.44. The summed E-state index contributed by atoms with van der Waals surface area (Å²) < 4.78 is 0. The minimum Gasteiger partial charge on any atom is -0.480 e. The first-order chi connectivity index (χ1) is 13.9. The van der Waals surface area contributed by atoms with Crippen molar-refractivity contribution in [2.45, 2.75) is 20.3 Å². The summed E-state index contributed by atoms with van der Waals surface area (Å²) >= 11 is 0. The fraction of sp³-hybridized carbons (Fsp3) is 0.722. The van der Waals surface area contributed by atoms with Crippen molar-refractivity contribution in [3.63, 3.8) is 0 Å². The van der Waals surface area contributed by atoms with Crippen LogP contribution in [0.2, 0.25) is 0 Å². The Bertz CT molecular complexity index is 596. The molecule has 0 amide bonds. The van der Waals surface area contributed by atoms with Gasteiger partial charge in [0.2, 0.25) is 0 Å². The molecule has 0 saturated heterocycles. The Morgan fingerprint density at radius 2 is 0.900 bits per heavy atom. The van der Waals surface area contributed by atoms with Crippen molar-refractivity contribution in [2.24, 2.45) is 5.92 Å². The number of aliphatic carboxylic acids is 4. The van der Waals surface area contributed by atoms with E-state index in [2.05, 4.69) is 0 Å². The first-order valence-corrected chi connectivity index (χ1v) is 9.51. The van der Waals surface area contributed by atoms with Gasteiger partial charge in [0.25, 0.3) is 0 Å². The van der Waals surface area contributed by atoms with Crippen LogP contribution in [-0.4, -0.2) is 124 Å². The fourth-order valence-corrected chi connectivity index (χ4v) is 2.63. The Morgan fingerprint density at radius 1 is 0.600 bits per heavy atom. The zero-order valence-electron chi connectivity index (χ0n) is 17.3. The van der Waals surface area contributed by atoms with Crippen LogP contribution in [0.25, 0.3) is 0 Å². The third kappa shape index (κ3) is 13.6. The van der Waals surface area contributed by atoms with Gasteiger partial charge in [0, 0.05) is 32.1 Å². The van der Waals surface area contributed by atoms with Gasteiger partial charge in [-0.3, -0.25) is 38.7 Å². The van der Waals surface area contributed by atoms with Crippen LogP contribution in [0, 0.1) is 5.92 Å². The molecular weight excluding hydrogens is 402 g/mol. The molecule has 0 aliphatic rings. The summed E-state index contributed by atoms with van der Waals surface area (Å²) in [6.45, 7) is 2.00. The van der Waals surface area contributed by atoms with Crippen molar-refractivity contribution in [3.05, 3.63) is 0 Å². The van der Waals surface area contributed by atoms with E-state index >= 15 is 0 Å². The number of hydrogen-bond acceptors (Lipinski definition) is 8. The molecule has 0 aliphatic carbocycles. The monoisotopic (exact) mass is 433 g/mol. The molecule has 4 N–H and O–H groups in total. The number of nitrogens with zero attached hydrogens (tertiary/aromatic N) is 3. The van der Waals surface area contributed by atoms with Crippen LogP contribution in [-0.2, 0) is 24.0 Å². The van der Waals surface area contributed by atoms with E-state index in [-0.39, 0.29) is 51.0 Å². The molecule has 1 unspecified atom stereocenters. The van der Waals surface area contributed by atoms with Crippen LogP contribution in [0.3, 0.4) is 0 Å². The smallest absolute Gasteiger partial charge is 0.317 e. The van der Waals surface area contributed by atoms with E-state index in [1.807, 2.05) is 6.92 Å². The van der Waals surface area contributed by atoms with Gasteiger partial charge in [0.15, 0.2) is 0 Å². The molecule has 172 valence electrons. The molecular formula is C18H31N3O9. The summed E-state index contributed by atoms with van der Waals surface area (Å²) in [6, 6.07) is 0. The van der Waals surface area contributed by atoms with Crippen LogP contribution in [0.5, 0.6) is 0 Å². The summed E-state index contributed by atoms with van der Waals surface area (Å²) in [5.74, 6) is -5.02. The molecule has 0 heterocycles. The molecule has 30 heavy (non-hydrogen) atoms. The lowest BCUT2D eigenvalue weighted by atomic mass is 10.0. The molecule has 0 spiro atoms. The van der Waals surface area contributed by atoms with E-state index in [9.17, 15) is 24.0 Å². The average Bonchev–Trinajstić information content (AvgIpc) is 2.60. The van der Waals surface area contributed by atoms with Gasteiger partial charge in [-0.05, 0) is 6.42 Å². The number of carbonyl (C=O) groups is 5. The highest BCUT2D eigenvalue weighted by molar-refractivity contribution is 5.83. The largest absolute Gasteiger partial charge is 0.480 e. The van der Waals surface area contributed by atoms with E-state index in [0.717, 1.165) is 4.90 Å². The SMILES string of the molecule is CCC(C)C(=O)CN(CCN(CCN(CC(=O)O)CC(=O)O)CC(=O)O)CC(=O)O. The molecule has 12 nitrogen and oxygen atoms in total. The molecule has 0 bridgehead atoms. The highest BCUT2D eigenvalue weighted by Crippen LogP contribution is 2.04. The second-order valence-corrected chi connectivity index (χ2v) is 7.05. The summed E-state index contributed by atoms with van der Waals surface area (Å²) in [6.07, 6.45) is 0.619. The van der Waals surface area contributed by atoms with E-state index < -0.39 is 43.5 Å². The van der Waals surface area contributed by atoms with Crippen molar-refractivity contribution in [2.75, 3.05) is 58.9 Å². The fourth-order valence-electron chi connectivity index (χ4n) is 2.63. The Morgan fingerprint density at radius 3 is 1.23 bits per heavy atom. The van der Waals surface area contributed by atoms with Crippen molar-refractivity contribution in [1.82, 2.24) is 14.7 Å². The molecule has 1 atom stereocenters. The average molecular weight is 433 g/mol. The highest BCUT2D eigenvalue weighted by atomic mass is 16.4. The summed E-state index contributed by atoms with van der Waals surface area (Å²) in [4.78, 5) is 60.1. The van der Waals surface area contributed by atoms with Gasteiger partial charge in [0.1, 0.15) is 5.78 Å². The number of ketones is 1. The molecule has 0 aromatic heterocycles. The zero-order chi connectivity index (χ0) is 23.3. The van der Waals surface area contributed by atoms with Crippen LogP contribution in [0.1, 0.15) is 20.3 Å². The van der Waals surface area contributed by atoms with Crippen LogP contribution < -0.4 is 0 Å². The maximum atomic E-state index is 12.1. The Hall–Kier alpha value is -2.57. The number of Topliss-reactive ketones (excluding diaryl/α,β-unsaturated/α-hetero) is 1. The summed E-state index contributed by atoms with van der Waals surface area (Å²) in [5.41, 5.74) is 0. The van der Waals surface area contributed by atoms with Gasteiger partial charge in [-0.1, -0.05) is 13.8 Å². The van der Waals surface area contributed by atoms with Gasteiger partial charge in [-0.15, -0.1) is 0 Å². The highest BCUT2D eigenvalue weighted by Gasteiger charge is 2.20. The molecule has 0 fully saturated rings. The number of rotatable bonds is 18. The van der Waals surface area contributed by atoms with E-state index in [0.29, 0.717) is 6.42 Å². The molecule has 12 heteroatoms. The van der Waals surface area contributed by atoms with Gasteiger partial charge in [-0.25, -0.2) is 0 Å². The van der Waals surface area contributed by atoms with E-state index in [4.69, 9.17) is 20.4 Å². The normalized spacial score (nSPS) is 12.3. The Labute approximate surface area is 174 Å². The first-order valence-electron chi connectivity index (χ1n) is 9.51. The second kappa shape index (κ2) is 14.4. The van der Waals surface area contributed by atoms with Gasteiger partial charge < -0.3 is 20.4 Å². The predicted octanol–water partition coefficient (Wildman–Crippen LogP) is -1.15. The lowest BCUT2D eigenvalue weighted by Gasteiger charge is -2.28. The zero-order valence-corrected chi connectivity index (χ0v) is 17.3. The lowest BCUT2D eigenvalue weighted by Crippen LogP contribution is -2.45. The molecule has 0 rings (SSSR count). The molecule has 0 saturated carbocycles. The molecule has 0 aromatic carbocycles. The van der Waals surface area contributed by atoms with Crippen molar-refractivity contribution < 1.29 is 44.4 Å². The van der Waals surface area contributed by atoms with Crippen LogP contribution in [0.15, 0.2) is 0 Å². The van der Waals surface area contributed by atoms with Crippen LogP contribution in [0.4, 0.5) is 0 Å². The number of carbonyl (C=O) groups excluding carboxylic acids is 1. The standard InChI is InChI=1S/C18H31N3O9/c1-3-13(2)14(22)8-20(10-16(25)26)6-4-19(9-15(23)24)5-7-21(11-17(27)28)12-18(29)30/h13H,3-12H2,1-2H3,(H,23,24)(H,25,26)(H,27,28)(H,29,30). The molecule has 0 aromatic rings. The number of hydrogen-bond donors (Lipinski definition) is 4. The lowest BCUT2D eigenvalue weighted by molar-refractivity contribution is -0.143. The van der Waals surface area contributed by atoms with E-state index in [1.165, 1.54) is 9.80 Å². The third-order valence-corrected chi connectivity index (χ3v) is 4.44. The second-order valence-electron chi connectivity index (χ2n) is 7.05. The van der Waals surface area contributed by atoms with Crippen molar-refractivity contribution in [1.29, 1.82) is 0 Å².